The van der Waals surface area contributed by atoms with E-state index in [2.05, 4.69) is 41.5 Å². The Hall–Kier alpha value is -1.41. The van der Waals surface area contributed by atoms with Crippen molar-refractivity contribution in [3.05, 3.63) is 41.7 Å². The molecule has 3 rings (SSSR count). The molecule has 2 aromatic rings. The molecule has 0 bridgehead atoms. The number of nitrogens with one attached hydrogen (secondary N) is 1. The summed E-state index contributed by atoms with van der Waals surface area (Å²) in [4.78, 5) is 4.39. The van der Waals surface area contributed by atoms with Crippen molar-refractivity contribution in [3.8, 4) is 0 Å². The number of piperidine rings is 1. The summed E-state index contributed by atoms with van der Waals surface area (Å²) in [7, 11) is 0. The smallest absolute Gasteiger partial charge is 0.0451 e. The Morgan fingerprint density at radius 3 is 2.89 bits per heavy atom. The monoisotopic (exact) mass is 240 g/mol. The minimum absolute atomic E-state index is 0.848. The van der Waals surface area contributed by atoms with Crippen molar-refractivity contribution < 1.29 is 0 Å². The number of benzene rings is 1. The SMILES string of the molecule is Cc1nccc2ccc(CC3CCNCC3)cc12. The summed E-state index contributed by atoms with van der Waals surface area (Å²) in [5.41, 5.74) is 2.60. The molecule has 0 radical (unpaired) electrons. The van der Waals surface area contributed by atoms with Gasteiger partial charge < -0.3 is 5.32 Å². The van der Waals surface area contributed by atoms with Gasteiger partial charge in [-0.2, -0.15) is 0 Å². The number of fused-ring (bicyclic) bond motifs is 1. The van der Waals surface area contributed by atoms with Gasteiger partial charge in [-0.3, -0.25) is 4.98 Å². The second-order valence-corrected chi connectivity index (χ2v) is 5.35. The van der Waals surface area contributed by atoms with E-state index in [0.717, 1.165) is 11.6 Å². The Labute approximate surface area is 108 Å². The highest BCUT2D eigenvalue weighted by Crippen LogP contribution is 2.22. The van der Waals surface area contributed by atoms with Crippen molar-refractivity contribution in [2.24, 2.45) is 5.92 Å². The van der Waals surface area contributed by atoms with E-state index in [0.29, 0.717) is 0 Å². The highest BCUT2D eigenvalue weighted by Gasteiger charge is 2.13. The van der Waals surface area contributed by atoms with Gasteiger partial charge in [0, 0.05) is 17.3 Å². The van der Waals surface area contributed by atoms with Crippen LogP contribution in [0.15, 0.2) is 30.5 Å². The molecular weight excluding hydrogens is 220 g/mol. The van der Waals surface area contributed by atoms with E-state index in [-0.39, 0.29) is 0 Å². The standard InChI is InChI=1S/C16H20N2/c1-12-16-11-14(2-3-15(16)6-9-18-12)10-13-4-7-17-8-5-13/h2-3,6,9,11,13,17H,4-5,7-8,10H2,1H3. The zero-order valence-electron chi connectivity index (χ0n) is 10.9. The lowest BCUT2D eigenvalue weighted by atomic mass is 9.90. The van der Waals surface area contributed by atoms with Gasteiger partial charge in [0.25, 0.3) is 0 Å². The fraction of sp³-hybridized carbons (Fsp3) is 0.438. The van der Waals surface area contributed by atoms with Gasteiger partial charge >= 0.3 is 0 Å². The molecule has 0 unspecified atom stereocenters. The molecule has 0 amide bonds. The Morgan fingerprint density at radius 1 is 1.22 bits per heavy atom. The van der Waals surface area contributed by atoms with Crippen LogP contribution < -0.4 is 5.32 Å². The third-order valence-electron chi connectivity index (χ3n) is 4.01. The molecule has 1 saturated heterocycles. The fourth-order valence-corrected chi connectivity index (χ4v) is 2.91. The summed E-state index contributed by atoms with van der Waals surface area (Å²) in [6.07, 6.45) is 5.73. The molecule has 94 valence electrons. The minimum atomic E-state index is 0.848. The first-order chi connectivity index (χ1) is 8.83. The van der Waals surface area contributed by atoms with E-state index < -0.39 is 0 Å². The molecular formula is C16H20N2. The van der Waals surface area contributed by atoms with Gasteiger partial charge in [0.1, 0.15) is 0 Å². The topological polar surface area (TPSA) is 24.9 Å². The first-order valence-electron chi connectivity index (χ1n) is 6.88. The van der Waals surface area contributed by atoms with Gasteiger partial charge in [-0.15, -0.1) is 0 Å². The predicted molar refractivity (Wildman–Crippen MR) is 75.8 cm³/mol. The van der Waals surface area contributed by atoms with Gasteiger partial charge in [-0.05, 0) is 68.3 Å². The molecule has 2 nitrogen and oxygen atoms in total. The molecule has 2 heteroatoms. The van der Waals surface area contributed by atoms with Crippen molar-refractivity contribution in [2.45, 2.75) is 26.2 Å². The molecule has 1 fully saturated rings. The summed E-state index contributed by atoms with van der Waals surface area (Å²) < 4.78 is 0. The highest BCUT2D eigenvalue weighted by molar-refractivity contribution is 5.84. The molecule has 1 aromatic carbocycles. The van der Waals surface area contributed by atoms with Crippen LogP contribution in [0.2, 0.25) is 0 Å². The van der Waals surface area contributed by atoms with Gasteiger partial charge in [-0.25, -0.2) is 0 Å². The van der Waals surface area contributed by atoms with E-state index in [1.807, 2.05) is 6.20 Å². The number of nitrogens with zero attached hydrogens (tertiary/aromatic N) is 1. The van der Waals surface area contributed by atoms with Crippen LogP contribution in [0.1, 0.15) is 24.1 Å². The summed E-state index contributed by atoms with van der Waals surface area (Å²) in [6.45, 7) is 4.45. The molecule has 2 heterocycles. The maximum atomic E-state index is 4.39. The van der Waals surface area contributed by atoms with Gasteiger partial charge in [0.05, 0.1) is 0 Å². The molecule has 1 aliphatic heterocycles. The van der Waals surface area contributed by atoms with Crippen LogP contribution in [0.25, 0.3) is 10.8 Å². The zero-order chi connectivity index (χ0) is 12.4. The van der Waals surface area contributed by atoms with Crippen LogP contribution in [-0.2, 0) is 6.42 Å². The van der Waals surface area contributed by atoms with Crippen LogP contribution in [0, 0.1) is 12.8 Å². The molecule has 1 aromatic heterocycles. The third-order valence-corrected chi connectivity index (χ3v) is 4.01. The number of pyridine rings is 1. The Kier molecular flexibility index (Phi) is 3.28. The summed E-state index contributed by atoms with van der Waals surface area (Å²) >= 11 is 0. The van der Waals surface area contributed by atoms with Gasteiger partial charge in [0.2, 0.25) is 0 Å². The van der Waals surface area contributed by atoms with Crippen LogP contribution in [0.4, 0.5) is 0 Å². The summed E-state index contributed by atoms with van der Waals surface area (Å²) in [5, 5.41) is 6.04. The quantitative estimate of drug-likeness (QED) is 0.872. The number of aryl methyl sites for hydroxylation is 1. The Balaban J connectivity index is 1.86. The van der Waals surface area contributed by atoms with E-state index in [9.17, 15) is 0 Å². The molecule has 1 aliphatic rings. The fourth-order valence-electron chi connectivity index (χ4n) is 2.91. The zero-order valence-corrected chi connectivity index (χ0v) is 10.9. The number of hydrogen-bond acceptors (Lipinski definition) is 2. The summed E-state index contributed by atoms with van der Waals surface area (Å²) in [5.74, 6) is 0.848. The third kappa shape index (κ3) is 2.39. The number of aromatic nitrogens is 1. The molecule has 0 atom stereocenters. The second-order valence-electron chi connectivity index (χ2n) is 5.35. The largest absolute Gasteiger partial charge is 0.317 e. The van der Waals surface area contributed by atoms with Gasteiger partial charge in [-0.1, -0.05) is 12.1 Å². The molecule has 18 heavy (non-hydrogen) atoms. The molecule has 0 saturated carbocycles. The predicted octanol–water partition coefficient (Wildman–Crippen LogP) is 3.09. The average molecular weight is 240 g/mol. The normalized spacial score (nSPS) is 17.2. The van der Waals surface area contributed by atoms with Gasteiger partial charge in [0.15, 0.2) is 0 Å². The maximum absolute atomic E-state index is 4.39. The van der Waals surface area contributed by atoms with E-state index in [1.54, 1.807) is 0 Å². The maximum Gasteiger partial charge on any atom is 0.0451 e. The van der Waals surface area contributed by atoms with E-state index >= 15 is 0 Å². The van der Waals surface area contributed by atoms with Crippen LogP contribution in [0.5, 0.6) is 0 Å². The molecule has 0 spiro atoms. The molecule has 1 N–H and O–H groups in total. The summed E-state index contributed by atoms with van der Waals surface area (Å²) in [6, 6.07) is 8.95. The van der Waals surface area contributed by atoms with Crippen molar-refractivity contribution in [1.29, 1.82) is 0 Å². The first kappa shape index (κ1) is 11.7. The number of hydrogen-bond donors (Lipinski definition) is 1. The lowest BCUT2D eigenvalue weighted by molar-refractivity contribution is 0.373. The Morgan fingerprint density at radius 2 is 2.06 bits per heavy atom. The van der Waals surface area contributed by atoms with Crippen molar-refractivity contribution in [3.63, 3.8) is 0 Å². The van der Waals surface area contributed by atoms with Crippen LogP contribution in [0.3, 0.4) is 0 Å². The first-order valence-corrected chi connectivity index (χ1v) is 6.88. The van der Waals surface area contributed by atoms with Crippen LogP contribution in [-0.4, -0.2) is 18.1 Å². The van der Waals surface area contributed by atoms with E-state index in [1.165, 1.54) is 48.7 Å². The number of rotatable bonds is 2. The average Bonchev–Trinajstić information content (AvgIpc) is 2.41. The lowest BCUT2D eigenvalue weighted by Gasteiger charge is -2.22. The second kappa shape index (κ2) is 5.07. The van der Waals surface area contributed by atoms with Crippen molar-refractivity contribution in [1.82, 2.24) is 10.3 Å². The van der Waals surface area contributed by atoms with E-state index in [4.69, 9.17) is 0 Å². The van der Waals surface area contributed by atoms with Crippen molar-refractivity contribution in [2.75, 3.05) is 13.1 Å². The van der Waals surface area contributed by atoms with Crippen molar-refractivity contribution >= 4 is 10.8 Å². The minimum Gasteiger partial charge on any atom is -0.317 e. The molecule has 0 aliphatic carbocycles. The highest BCUT2D eigenvalue weighted by atomic mass is 14.9. The Bertz CT molecular complexity index is 542. The lowest BCUT2D eigenvalue weighted by Crippen LogP contribution is -2.28. The van der Waals surface area contributed by atoms with Crippen LogP contribution >= 0.6 is 0 Å².